The molecule has 0 amide bonds. The van der Waals surface area contributed by atoms with Gasteiger partial charge in [0.05, 0.1) is 13.2 Å². The first-order valence-corrected chi connectivity index (χ1v) is 10.5. The van der Waals surface area contributed by atoms with Gasteiger partial charge < -0.3 is 9.47 Å². The van der Waals surface area contributed by atoms with E-state index in [4.69, 9.17) is 9.47 Å². The molecule has 0 bridgehead atoms. The van der Waals surface area contributed by atoms with Gasteiger partial charge in [-0.25, -0.2) is 0 Å². The average Bonchev–Trinajstić information content (AvgIpc) is 2.56. The van der Waals surface area contributed by atoms with E-state index in [1.165, 1.54) is 5.56 Å². The molecule has 1 atom stereocenters. The Hall–Kier alpha value is -1.26. The summed E-state index contributed by atoms with van der Waals surface area (Å²) in [6.07, 6.45) is 0. The molecule has 0 spiro atoms. The largest absolute Gasteiger partial charge is 1.00 e. The van der Waals surface area contributed by atoms with Crippen molar-refractivity contribution in [1.82, 2.24) is 0 Å². The standard InChI is InChI=1S/C23H31O3P.Li/c1-8-25-18-10-11-20(19(14-18)26-9-2)27-22(24)21-15(3)12-17(13-16(21)4)23(5,6)7;/h10-14,27H,8-9H2,1-7H3;/q;+1. The molecule has 3 nitrogen and oxygen atoms in total. The number of rotatable bonds is 7. The second-order valence-electron chi connectivity index (χ2n) is 7.71. The van der Waals surface area contributed by atoms with Gasteiger partial charge in [-0.3, -0.25) is 4.79 Å². The second-order valence-corrected chi connectivity index (χ2v) is 8.96. The van der Waals surface area contributed by atoms with Gasteiger partial charge in [-0.1, -0.05) is 32.9 Å². The van der Waals surface area contributed by atoms with Crippen molar-refractivity contribution in [3.63, 3.8) is 0 Å². The first-order valence-electron chi connectivity index (χ1n) is 9.50. The number of carbonyl (C=O) groups is 1. The van der Waals surface area contributed by atoms with Gasteiger partial charge in [0, 0.05) is 16.9 Å². The fraction of sp³-hybridized carbons (Fsp3) is 0.435. The molecular weight excluding hydrogens is 362 g/mol. The van der Waals surface area contributed by atoms with Crippen LogP contribution in [0.15, 0.2) is 30.3 Å². The van der Waals surface area contributed by atoms with E-state index in [-0.39, 0.29) is 38.4 Å². The molecule has 0 saturated heterocycles. The van der Waals surface area contributed by atoms with Gasteiger partial charge in [0.1, 0.15) is 11.5 Å². The third-order valence-electron chi connectivity index (χ3n) is 4.44. The van der Waals surface area contributed by atoms with Crippen LogP contribution >= 0.6 is 8.58 Å². The Balaban J connectivity index is 0.00000392. The van der Waals surface area contributed by atoms with Gasteiger partial charge >= 0.3 is 18.9 Å². The smallest absolute Gasteiger partial charge is 0.494 e. The zero-order valence-electron chi connectivity index (χ0n) is 18.5. The molecular formula is C23H31LiO3P+. The normalized spacial score (nSPS) is 11.4. The third kappa shape index (κ3) is 6.12. The Kier molecular flexibility index (Phi) is 9.29. The molecule has 0 aliphatic rings. The minimum absolute atomic E-state index is 0. The first-order chi connectivity index (χ1) is 12.7. The summed E-state index contributed by atoms with van der Waals surface area (Å²) >= 11 is 0. The molecule has 2 aromatic rings. The minimum atomic E-state index is 0. The zero-order chi connectivity index (χ0) is 20.2. The Morgan fingerprint density at radius 1 is 0.964 bits per heavy atom. The van der Waals surface area contributed by atoms with Crippen molar-refractivity contribution >= 4 is 19.4 Å². The van der Waals surface area contributed by atoms with Crippen LogP contribution in [0, 0.1) is 13.8 Å². The first kappa shape index (κ1) is 24.8. The van der Waals surface area contributed by atoms with Crippen LogP contribution in [0.25, 0.3) is 0 Å². The van der Waals surface area contributed by atoms with Crippen molar-refractivity contribution in [3.05, 3.63) is 52.6 Å². The quantitative estimate of drug-likeness (QED) is 0.536. The van der Waals surface area contributed by atoms with E-state index >= 15 is 0 Å². The summed E-state index contributed by atoms with van der Waals surface area (Å²) in [5, 5.41) is 0.920. The monoisotopic (exact) mass is 393 g/mol. The molecule has 0 fully saturated rings. The van der Waals surface area contributed by atoms with Gasteiger partial charge in [0.2, 0.25) is 0 Å². The number of aryl methyl sites for hydroxylation is 2. The Bertz CT molecular complexity index is 802. The van der Waals surface area contributed by atoms with Crippen molar-refractivity contribution in [2.75, 3.05) is 13.2 Å². The minimum Gasteiger partial charge on any atom is -0.494 e. The van der Waals surface area contributed by atoms with E-state index in [0.29, 0.717) is 13.2 Å². The van der Waals surface area contributed by atoms with Crippen LogP contribution in [0.2, 0.25) is 0 Å². The van der Waals surface area contributed by atoms with Crippen molar-refractivity contribution < 1.29 is 33.1 Å². The average molecular weight is 393 g/mol. The summed E-state index contributed by atoms with van der Waals surface area (Å²) in [5.41, 5.74) is 4.39. The number of hydrogen-bond donors (Lipinski definition) is 0. The maximum atomic E-state index is 13.1. The molecule has 0 saturated carbocycles. The Morgan fingerprint density at radius 2 is 1.54 bits per heavy atom. The molecule has 0 aromatic heterocycles. The van der Waals surface area contributed by atoms with Crippen molar-refractivity contribution in [3.8, 4) is 11.5 Å². The molecule has 0 radical (unpaired) electrons. The number of ether oxygens (including phenoxy) is 2. The summed E-state index contributed by atoms with van der Waals surface area (Å²) < 4.78 is 11.3. The van der Waals surface area contributed by atoms with E-state index in [9.17, 15) is 4.79 Å². The summed E-state index contributed by atoms with van der Waals surface area (Å²) in [6, 6.07) is 10.0. The Morgan fingerprint density at radius 3 is 2.04 bits per heavy atom. The second kappa shape index (κ2) is 10.5. The van der Waals surface area contributed by atoms with Gasteiger partial charge in [-0.05, 0) is 70.5 Å². The van der Waals surface area contributed by atoms with E-state index < -0.39 is 0 Å². The zero-order valence-corrected chi connectivity index (χ0v) is 19.5. The molecule has 0 aliphatic carbocycles. The maximum absolute atomic E-state index is 13.1. The van der Waals surface area contributed by atoms with Gasteiger partial charge in [0.15, 0.2) is 5.52 Å². The van der Waals surface area contributed by atoms with E-state index in [1.807, 2.05) is 45.9 Å². The van der Waals surface area contributed by atoms with Gasteiger partial charge in [-0.2, -0.15) is 0 Å². The predicted octanol–water partition coefficient (Wildman–Crippen LogP) is 2.55. The van der Waals surface area contributed by atoms with Crippen LogP contribution < -0.4 is 33.6 Å². The molecule has 1 unspecified atom stereocenters. The van der Waals surface area contributed by atoms with Gasteiger partial charge in [0.25, 0.3) is 0 Å². The SMILES string of the molecule is CCOc1ccc(PC(=O)c2c(C)cc(C(C)(C)C)cc2C)c(OCC)c1.[Li+]. The molecule has 0 aliphatic heterocycles. The molecule has 5 heteroatoms. The van der Waals surface area contributed by atoms with Crippen LogP contribution in [0.3, 0.4) is 0 Å². The molecule has 0 heterocycles. The number of carbonyl (C=O) groups excluding carboxylic acids is 1. The predicted molar refractivity (Wildman–Crippen MR) is 116 cm³/mol. The molecule has 2 aromatic carbocycles. The summed E-state index contributed by atoms with van der Waals surface area (Å²) in [4.78, 5) is 13.1. The molecule has 146 valence electrons. The van der Waals surface area contributed by atoms with Crippen molar-refractivity contribution in [2.24, 2.45) is 0 Å². The topological polar surface area (TPSA) is 35.5 Å². The fourth-order valence-corrected chi connectivity index (χ4v) is 4.27. The van der Waals surface area contributed by atoms with Crippen LogP contribution in [0.5, 0.6) is 11.5 Å². The molecule has 0 N–H and O–H groups in total. The Labute approximate surface area is 183 Å². The third-order valence-corrected chi connectivity index (χ3v) is 5.60. The summed E-state index contributed by atoms with van der Waals surface area (Å²) in [6.45, 7) is 15.7. The van der Waals surface area contributed by atoms with Crippen molar-refractivity contribution in [1.29, 1.82) is 0 Å². The molecule has 2 rings (SSSR count). The number of benzene rings is 2. The van der Waals surface area contributed by atoms with Crippen LogP contribution in [0.4, 0.5) is 0 Å². The summed E-state index contributed by atoms with van der Waals surface area (Å²) in [7, 11) is 0.0196. The van der Waals surface area contributed by atoms with Gasteiger partial charge in [-0.15, -0.1) is 0 Å². The van der Waals surface area contributed by atoms with Crippen LogP contribution in [0.1, 0.15) is 61.7 Å². The summed E-state index contributed by atoms with van der Waals surface area (Å²) in [5.74, 6) is 1.50. The van der Waals surface area contributed by atoms with Crippen molar-refractivity contribution in [2.45, 2.75) is 53.9 Å². The van der Waals surface area contributed by atoms with Crippen LogP contribution in [-0.2, 0) is 5.41 Å². The fourth-order valence-electron chi connectivity index (χ4n) is 3.08. The molecule has 28 heavy (non-hydrogen) atoms. The number of hydrogen-bond acceptors (Lipinski definition) is 3. The van der Waals surface area contributed by atoms with E-state index in [0.717, 1.165) is 33.5 Å². The van der Waals surface area contributed by atoms with E-state index in [1.54, 1.807) is 0 Å². The maximum Gasteiger partial charge on any atom is 1.00 e. The van der Waals surface area contributed by atoms with Crippen LogP contribution in [-0.4, -0.2) is 18.7 Å². The van der Waals surface area contributed by atoms with E-state index in [2.05, 4.69) is 32.9 Å².